The van der Waals surface area contributed by atoms with Gasteiger partial charge in [-0.15, -0.1) is 11.3 Å². The van der Waals surface area contributed by atoms with Crippen molar-refractivity contribution in [3.63, 3.8) is 0 Å². The summed E-state index contributed by atoms with van der Waals surface area (Å²) in [6.07, 6.45) is 3.61. The number of amides is 3. The van der Waals surface area contributed by atoms with Crippen molar-refractivity contribution in [1.29, 1.82) is 0 Å². The van der Waals surface area contributed by atoms with Gasteiger partial charge < -0.3 is 5.32 Å². The fourth-order valence-corrected chi connectivity index (χ4v) is 4.93. The van der Waals surface area contributed by atoms with E-state index in [1.165, 1.54) is 16.2 Å². The van der Waals surface area contributed by atoms with Crippen molar-refractivity contribution in [2.24, 2.45) is 11.8 Å². The molecule has 1 aliphatic heterocycles. The van der Waals surface area contributed by atoms with Crippen LogP contribution in [0.5, 0.6) is 0 Å². The minimum Gasteiger partial charge on any atom is -0.302 e. The van der Waals surface area contributed by atoms with E-state index in [2.05, 4.69) is 10.3 Å². The number of nitrogens with one attached hydrogen (secondary N) is 1. The van der Waals surface area contributed by atoms with Crippen LogP contribution in [0.15, 0.2) is 29.6 Å². The molecule has 28 heavy (non-hydrogen) atoms. The van der Waals surface area contributed by atoms with Crippen molar-refractivity contribution >= 4 is 45.8 Å². The third-order valence-corrected chi connectivity index (χ3v) is 6.48. The second-order valence-electron chi connectivity index (χ2n) is 7.14. The van der Waals surface area contributed by atoms with E-state index in [0.29, 0.717) is 15.8 Å². The number of carbonyl (C=O) groups excluding carboxylic acids is 3. The topological polar surface area (TPSA) is 79.4 Å². The molecule has 2 atom stereocenters. The van der Waals surface area contributed by atoms with Crippen LogP contribution in [0.4, 0.5) is 5.13 Å². The number of thiazole rings is 1. The standard InChI is InChI=1S/C20H20ClN3O3S/c21-15-8-4-3-7-14(15)16-11-28-20(22-16)23-17(25)9-10-24-18(26)12-5-1-2-6-13(12)19(24)27/h3-4,7-8,11-13H,1-2,5-6,9-10H2,(H,22,23,25). The number of likely N-dealkylation sites (tertiary alicyclic amines) is 1. The minimum absolute atomic E-state index is 0.0674. The molecule has 4 rings (SSSR count). The Morgan fingerprint density at radius 3 is 2.54 bits per heavy atom. The maximum atomic E-state index is 12.5. The van der Waals surface area contributed by atoms with Crippen LogP contribution in [0.2, 0.25) is 5.02 Å². The SMILES string of the molecule is O=C(CCN1C(=O)C2CCCCC2C1=O)Nc1nc(-c2ccccc2Cl)cs1. The van der Waals surface area contributed by atoms with Crippen LogP contribution in [-0.2, 0) is 14.4 Å². The zero-order valence-corrected chi connectivity index (χ0v) is 16.8. The fraction of sp³-hybridized carbons (Fsp3) is 0.400. The molecule has 3 amide bonds. The predicted octanol–water partition coefficient (Wildman–Crippen LogP) is 3.97. The largest absolute Gasteiger partial charge is 0.302 e. The van der Waals surface area contributed by atoms with E-state index in [-0.39, 0.29) is 42.5 Å². The van der Waals surface area contributed by atoms with Gasteiger partial charge in [-0.25, -0.2) is 4.98 Å². The van der Waals surface area contributed by atoms with Gasteiger partial charge in [0.15, 0.2) is 5.13 Å². The Balaban J connectivity index is 1.35. The number of carbonyl (C=O) groups is 3. The molecule has 2 aliphatic rings. The van der Waals surface area contributed by atoms with E-state index in [1.807, 2.05) is 23.6 Å². The number of hydrogen-bond donors (Lipinski definition) is 1. The number of fused-ring (bicyclic) bond motifs is 1. The lowest BCUT2D eigenvalue weighted by atomic mass is 9.81. The first-order chi connectivity index (χ1) is 13.5. The maximum absolute atomic E-state index is 12.5. The second-order valence-corrected chi connectivity index (χ2v) is 8.41. The van der Waals surface area contributed by atoms with E-state index in [0.717, 1.165) is 31.2 Å². The first-order valence-corrected chi connectivity index (χ1v) is 10.7. The van der Waals surface area contributed by atoms with E-state index >= 15 is 0 Å². The van der Waals surface area contributed by atoms with Crippen LogP contribution in [0, 0.1) is 11.8 Å². The molecule has 1 aromatic carbocycles. The summed E-state index contributed by atoms with van der Waals surface area (Å²) >= 11 is 7.49. The van der Waals surface area contributed by atoms with Gasteiger partial charge >= 0.3 is 0 Å². The average molecular weight is 418 g/mol. The Labute approximate surface area is 171 Å². The molecule has 0 radical (unpaired) electrons. The predicted molar refractivity (Wildman–Crippen MR) is 108 cm³/mol. The third-order valence-electron chi connectivity index (χ3n) is 5.40. The Morgan fingerprint density at radius 2 is 1.86 bits per heavy atom. The van der Waals surface area contributed by atoms with E-state index in [1.54, 1.807) is 6.07 Å². The highest BCUT2D eigenvalue weighted by Crippen LogP contribution is 2.38. The highest BCUT2D eigenvalue weighted by molar-refractivity contribution is 7.14. The van der Waals surface area contributed by atoms with Crippen LogP contribution in [0.1, 0.15) is 32.1 Å². The molecule has 0 spiro atoms. The van der Waals surface area contributed by atoms with Crippen LogP contribution in [0.25, 0.3) is 11.3 Å². The van der Waals surface area contributed by atoms with Crippen molar-refractivity contribution in [1.82, 2.24) is 9.88 Å². The van der Waals surface area contributed by atoms with Crippen molar-refractivity contribution in [2.45, 2.75) is 32.1 Å². The minimum atomic E-state index is -0.268. The quantitative estimate of drug-likeness (QED) is 0.746. The number of benzene rings is 1. The first-order valence-electron chi connectivity index (χ1n) is 9.40. The number of aromatic nitrogens is 1. The summed E-state index contributed by atoms with van der Waals surface area (Å²) < 4.78 is 0. The summed E-state index contributed by atoms with van der Waals surface area (Å²) in [6, 6.07) is 7.38. The van der Waals surface area contributed by atoms with E-state index < -0.39 is 0 Å². The molecule has 1 aromatic heterocycles. The summed E-state index contributed by atoms with van der Waals surface area (Å²) in [5.41, 5.74) is 1.50. The number of hydrogen-bond acceptors (Lipinski definition) is 5. The average Bonchev–Trinajstić information content (AvgIpc) is 3.24. The third kappa shape index (κ3) is 3.69. The molecule has 1 saturated carbocycles. The van der Waals surface area contributed by atoms with Crippen molar-refractivity contribution in [2.75, 3.05) is 11.9 Å². The van der Waals surface area contributed by atoms with E-state index in [4.69, 9.17) is 11.6 Å². The molecule has 1 saturated heterocycles. The molecule has 1 aliphatic carbocycles. The molecule has 8 heteroatoms. The molecule has 2 aromatic rings. The fourth-order valence-electron chi connectivity index (χ4n) is 3.97. The zero-order valence-electron chi connectivity index (χ0n) is 15.2. The molecule has 2 heterocycles. The number of imide groups is 1. The van der Waals surface area contributed by atoms with Crippen molar-refractivity contribution in [3.8, 4) is 11.3 Å². The summed E-state index contributed by atoms with van der Waals surface area (Å²) in [4.78, 5) is 42.9. The van der Waals surface area contributed by atoms with Gasteiger partial charge in [0.05, 0.1) is 17.5 Å². The van der Waals surface area contributed by atoms with Gasteiger partial charge in [-0.1, -0.05) is 42.6 Å². The van der Waals surface area contributed by atoms with Gasteiger partial charge in [0.25, 0.3) is 0 Å². The molecule has 2 fully saturated rings. The highest BCUT2D eigenvalue weighted by Gasteiger charge is 2.47. The Kier molecular flexibility index (Phi) is 5.46. The van der Waals surface area contributed by atoms with Crippen molar-refractivity contribution in [3.05, 3.63) is 34.7 Å². The number of halogens is 1. The van der Waals surface area contributed by atoms with Crippen LogP contribution >= 0.6 is 22.9 Å². The van der Waals surface area contributed by atoms with Gasteiger partial charge in [0, 0.05) is 28.9 Å². The Morgan fingerprint density at radius 1 is 1.18 bits per heavy atom. The molecule has 2 unspecified atom stereocenters. The van der Waals surface area contributed by atoms with Gasteiger partial charge in [-0.3, -0.25) is 19.3 Å². The molecule has 146 valence electrons. The Hall–Kier alpha value is -2.25. The zero-order chi connectivity index (χ0) is 19.7. The lowest BCUT2D eigenvalue weighted by Crippen LogP contribution is -2.34. The van der Waals surface area contributed by atoms with Crippen LogP contribution in [0.3, 0.4) is 0 Å². The van der Waals surface area contributed by atoms with Crippen molar-refractivity contribution < 1.29 is 14.4 Å². The Bertz CT molecular complexity index is 905. The van der Waals surface area contributed by atoms with Gasteiger partial charge in [0.1, 0.15) is 0 Å². The molecule has 1 N–H and O–H groups in total. The van der Waals surface area contributed by atoms with Crippen LogP contribution < -0.4 is 5.32 Å². The normalized spacial score (nSPS) is 21.7. The monoisotopic (exact) mass is 417 g/mol. The first kappa shape index (κ1) is 19.1. The van der Waals surface area contributed by atoms with Gasteiger partial charge in [-0.05, 0) is 18.9 Å². The van der Waals surface area contributed by atoms with Gasteiger partial charge in [-0.2, -0.15) is 0 Å². The van der Waals surface area contributed by atoms with Crippen LogP contribution in [-0.4, -0.2) is 34.2 Å². The smallest absolute Gasteiger partial charge is 0.233 e. The number of nitrogens with zero attached hydrogens (tertiary/aromatic N) is 2. The second kappa shape index (κ2) is 8.01. The summed E-state index contributed by atoms with van der Waals surface area (Å²) in [5, 5.41) is 5.63. The molecular weight excluding hydrogens is 398 g/mol. The maximum Gasteiger partial charge on any atom is 0.233 e. The summed E-state index contributed by atoms with van der Waals surface area (Å²) in [7, 11) is 0. The number of anilines is 1. The molecule has 6 nitrogen and oxygen atoms in total. The summed E-state index contributed by atoms with van der Waals surface area (Å²) in [5.74, 6) is -0.853. The lowest BCUT2D eigenvalue weighted by Gasteiger charge is -2.19. The number of rotatable bonds is 5. The summed E-state index contributed by atoms with van der Waals surface area (Å²) in [6.45, 7) is 0.124. The van der Waals surface area contributed by atoms with E-state index in [9.17, 15) is 14.4 Å². The molecule has 0 bridgehead atoms. The van der Waals surface area contributed by atoms with Gasteiger partial charge in [0.2, 0.25) is 17.7 Å². The highest BCUT2D eigenvalue weighted by atomic mass is 35.5. The lowest BCUT2D eigenvalue weighted by molar-refractivity contribution is -0.140. The molecular formula is C20H20ClN3O3S.